The van der Waals surface area contributed by atoms with Crippen LogP contribution in [0.2, 0.25) is 0 Å². The first-order valence-electron chi connectivity index (χ1n) is 9.37. The van der Waals surface area contributed by atoms with Gasteiger partial charge < -0.3 is 14.9 Å². The van der Waals surface area contributed by atoms with Gasteiger partial charge in [0.2, 0.25) is 0 Å². The maximum Gasteiger partial charge on any atom is 0.490 e. The molecule has 1 aromatic heterocycles. The van der Waals surface area contributed by atoms with Gasteiger partial charge in [0.1, 0.15) is 5.69 Å². The molecule has 0 aliphatic carbocycles. The molecule has 1 amide bonds. The van der Waals surface area contributed by atoms with Crippen LogP contribution in [0.1, 0.15) is 23.0 Å². The number of halogens is 3. The molecule has 0 spiro atoms. The standard InChI is InChI=1S/C18H22N4O2.C2HF3O2/c1-13-4-6-15(7-5-13)21-10-11-22(14(2)12-21)18(24)16-8-9-17(23)20(3)19-16;3-2(4,5)1(6)7/h4-9,14H,10-12H2,1-3H3;(H,6,7). The van der Waals surface area contributed by atoms with Gasteiger partial charge in [0.25, 0.3) is 11.5 Å². The topological polar surface area (TPSA) is 95.7 Å². The van der Waals surface area contributed by atoms with Crippen LogP contribution in [0.4, 0.5) is 18.9 Å². The van der Waals surface area contributed by atoms with Crippen molar-refractivity contribution in [2.45, 2.75) is 26.1 Å². The molecule has 168 valence electrons. The average Bonchev–Trinajstić information content (AvgIpc) is 2.70. The molecule has 2 aromatic rings. The highest BCUT2D eigenvalue weighted by molar-refractivity contribution is 5.92. The molecule has 8 nitrogen and oxygen atoms in total. The van der Waals surface area contributed by atoms with Crippen LogP contribution in [-0.4, -0.2) is 63.5 Å². The summed E-state index contributed by atoms with van der Waals surface area (Å²) in [5.74, 6) is -2.88. The van der Waals surface area contributed by atoms with Gasteiger partial charge in [-0.15, -0.1) is 0 Å². The van der Waals surface area contributed by atoms with Gasteiger partial charge in [0.15, 0.2) is 0 Å². The molecule has 1 N–H and O–H groups in total. The van der Waals surface area contributed by atoms with Crippen LogP contribution in [0.25, 0.3) is 0 Å². The number of anilines is 1. The van der Waals surface area contributed by atoms with E-state index in [4.69, 9.17) is 9.90 Å². The fourth-order valence-corrected chi connectivity index (χ4v) is 3.01. The molecule has 0 radical (unpaired) electrons. The second-order valence-corrected chi connectivity index (χ2v) is 7.11. The van der Waals surface area contributed by atoms with Gasteiger partial charge in [-0.25, -0.2) is 9.48 Å². The van der Waals surface area contributed by atoms with Crippen molar-refractivity contribution in [2.24, 2.45) is 7.05 Å². The molecule has 1 saturated heterocycles. The lowest BCUT2D eigenvalue weighted by molar-refractivity contribution is -0.192. The molecule has 1 atom stereocenters. The monoisotopic (exact) mass is 440 g/mol. The van der Waals surface area contributed by atoms with E-state index in [1.165, 1.54) is 28.1 Å². The van der Waals surface area contributed by atoms with Crippen molar-refractivity contribution < 1.29 is 27.9 Å². The molecule has 1 unspecified atom stereocenters. The second kappa shape index (κ2) is 9.63. The van der Waals surface area contributed by atoms with Crippen molar-refractivity contribution in [1.29, 1.82) is 0 Å². The molecule has 1 aliphatic rings. The third-order valence-corrected chi connectivity index (χ3v) is 4.71. The summed E-state index contributed by atoms with van der Waals surface area (Å²) in [6.45, 7) is 6.31. The number of alkyl halides is 3. The molecule has 11 heteroatoms. The Hall–Kier alpha value is -3.37. The van der Waals surface area contributed by atoms with E-state index in [1.807, 2.05) is 11.8 Å². The van der Waals surface area contributed by atoms with Crippen LogP contribution in [0.3, 0.4) is 0 Å². The highest BCUT2D eigenvalue weighted by atomic mass is 19.4. The molecular weight excluding hydrogens is 417 g/mol. The number of hydrogen-bond acceptors (Lipinski definition) is 5. The van der Waals surface area contributed by atoms with E-state index in [9.17, 15) is 22.8 Å². The Balaban J connectivity index is 0.000000423. The lowest BCUT2D eigenvalue weighted by Crippen LogP contribution is -2.54. The van der Waals surface area contributed by atoms with E-state index < -0.39 is 12.1 Å². The summed E-state index contributed by atoms with van der Waals surface area (Å²) >= 11 is 0. The summed E-state index contributed by atoms with van der Waals surface area (Å²) in [6, 6.07) is 11.4. The molecule has 0 bridgehead atoms. The fraction of sp³-hybridized carbons (Fsp3) is 0.400. The number of carbonyl (C=O) groups is 2. The quantitative estimate of drug-likeness (QED) is 0.768. The summed E-state index contributed by atoms with van der Waals surface area (Å²) in [6.07, 6.45) is -5.08. The van der Waals surface area contributed by atoms with E-state index in [0.717, 1.165) is 13.1 Å². The highest BCUT2D eigenvalue weighted by Crippen LogP contribution is 2.20. The van der Waals surface area contributed by atoms with Gasteiger partial charge in [-0.2, -0.15) is 18.3 Å². The minimum absolute atomic E-state index is 0.0755. The van der Waals surface area contributed by atoms with E-state index >= 15 is 0 Å². The maximum atomic E-state index is 12.7. The lowest BCUT2D eigenvalue weighted by Gasteiger charge is -2.40. The van der Waals surface area contributed by atoms with Crippen LogP contribution in [0.5, 0.6) is 0 Å². The molecule has 1 aromatic carbocycles. The first-order chi connectivity index (χ1) is 14.4. The number of aryl methyl sites for hydroxylation is 2. The summed E-state index contributed by atoms with van der Waals surface area (Å²) in [5, 5.41) is 11.2. The van der Waals surface area contributed by atoms with Crippen molar-refractivity contribution in [3.63, 3.8) is 0 Å². The summed E-state index contributed by atoms with van der Waals surface area (Å²) < 4.78 is 32.9. The van der Waals surface area contributed by atoms with Crippen LogP contribution < -0.4 is 10.5 Å². The zero-order valence-electron chi connectivity index (χ0n) is 17.3. The van der Waals surface area contributed by atoms with Crippen molar-refractivity contribution in [3.05, 3.63) is 58.0 Å². The zero-order chi connectivity index (χ0) is 23.3. The molecule has 1 aliphatic heterocycles. The molecular formula is C20H23F3N4O4. The van der Waals surface area contributed by atoms with E-state index in [-0.39, 0.29) is 17.5 Å². The Morgan fingerprint density at radius 2 is 1.68 bits per heavy atom. The Labute approximate surface area is 176 Å². The smallest absolute Gasteiger partial charge is 0.475 e. The van der Waals surface area contributed by atoms with Gasteiger partial charge in [0, 0.05) is 44.5 Å². The van der Waals surface area contributed by atoms with Gasteiger partial charge in [-0.3, -0.25) is 9.59 Å². The zero-order valence-corrected chi connectivity index (χ0v) is 17.3. The van der Waals surface area contributed by atoms with Crippen molar-refractivity contribution in [1.82, 2.24) is 14.7 Å². The number of benzene rings is 1. The Morgan fingerprint density at radius 1 is 1.10 bits per heavy atom. The molecule has 1 fully saturated rings. The number of aliphatic carboxylic acids is 1. The third-order valence-electron chi connectivity index (χ3n) is 4.71. The van der Waals surface area contributed by atoms with Crippen LogP contribution in [-0.2, 0) is 11.8 Å². The second-order valence-electron chi connectivity index (χ2n) is 7.11. The number of rotatable bonds is 2. The van der Waals surface area contributed by atoms with E-state index in [0.29, 0.717) is 12.2 Å². The minimum Gasteiger partial charge on any atom is -0.475 e. The normalized spacial score (nSPS) is 16.4. The van der Waals surface area contributed by atoms with E-state index in [2.05, 4.69) is 41.2 Å². The number of carbonyl (C=O) groups excluding carboxylic acids is 1. The van der Waals surface area contributed by atoms with E-state index in [1.54, 1.807) is 7.05 Å². The molecule has 3 rings (SSSR count). The van der Waals surface area contributed by atoms with Crippen LogP contribution in [0.15, 0.2) is 41.2 Å². The molecule has 31 heavy (non-hydrogen) atoms. The first-order valence-corrected chi connectivity index (χ1v) is 9.37. The maximum absolute atomic E-state index is 12.7. The fourth-order valence-electron chi connectivity index (χ4n) is 3.01. The Morgan fingerprint density at radius 3 is 2.16 bits per heavy atom. The highest BCUT2D eigenvalue weighted by Gasteiger charge is 2.38. The number of hydrogen-bond donors (Lipinski definition) is 1. The van der Waals surface area contributed by atoms with Crippen LogP contribution >= 0.6 is 0 Å². The van der Waals surface area contributed by atoms with Gasteiger partial charge in [-0.05, 0) is 32.0 Å². The summed E-state index contributed by atoms with van der Waals surface area (Å²) in [7, 11) is 1.55. The first kappa shape index (κ1) is 23.9. The number of aromatic nitrogens is 2. The predicted molar refractivity (Wildman–Crippen MR) is 107 cm³/mol. The van der Waals surface area contributed by atoms with Gasteiger partial charge >= 0.3 is 12.1 Å². The van der Waals surface area contributed by atoms with Crippen molar-refractivity contribution in [3.8, 4) is 0 Å². The Kier molecular flexibility index (Phi) is 7.42. The third kappa shape index (κ3) is 6.30. The average molecular weight is 440 g/mol. The van der Waals surface area contributed by atoms with Crippen molar-refractivity contribution in [2.75, 3.05) is 24.5 Å². The summed E-state index contributed by atoms with van der Waals surface area (Å²) in [5.41, 5.74) is 2.51. The molecule has 2 heterocycles. The van der Waals surface area contributed by atoms with Crippen molar-refractivity contribution >= 4 is 17.6 Å². The van der Waals surface area contributed by atoms with Gasteiger partial charge in [-0.1, -0.05) is 17.7 Å². The SMILES string of the molecule is Cc1ccc(N2CCN(C(=O)c3ccc(=O)n(C)n3)C(C)C2)cc1.O=C(O)C(F)(F)F. The number of amides is 1. The molecule has 0 saturated carbocycles. The lowest BCUT2D eigenvalue weighted by atomic mass is 10.1. The number of carboxylic acid groups (broad SMARTS) is 1. The number of carboxylic acids is 1. The summed E-state index contributed by atoms with van der Waals surface area (Å²) in [4.78, 5) is 37.1. The predicted octanol–water partition coefficient (Wildman–Crippen LogP) is 2.07. The Bertz CT molecular complexity index is 989. The van der Waals surface area contributed by atoms with Crippen LogP contribution in [0, 0.1) is 6.92 Å². The number of nitrogens with zero attached hydrogens (tertiary/aromatic N) is 4. The van der Waals surface area contributed by atoms with Gasteiger partial charge in [0.05, 0.1) is 0 Å². The minimum atomic E-state index is -5.08. The number of piperazine rings is 1. The largest absolute Gasteiger partial charge is 0.490 e.